The second kappa shape index (κ2) is 11.0. The first-order valence-corrected chi connectivity index (χ1v) is 13.2. The van der Waals surface area contributed by atoms with E-state index in [-0.39, 0.29) is 36.8 Å². The van der Waals surface area contributed by atoms with Crippen molar-refractivity contribution in [3.63, 3.8) is 0 Å². The molecule has 1 N–H and O–H groups in total. The van der Waals surface area contributed by atoms with Gasteiger partial charge in [0.2, 0.25) is 12.1 Å². The maximum Gasteiger partial charge on any atom is 0.293 e. The highest BCUT2D eigenvalue weighted by Gasteiger charge is 2.47. The van der Waals surface area contributed by atoms with Crippen molar-refractivity contribution in [2.24, 2.45) is 5.92 Å². The Hall–Kier alpha value is -2.87. The molecule has 0 saturated carbocycles. The van der Waals surface area contributed by atoms with Crippen molar-refractivity contribution in [1.29, 1.82) is 0 Å². The molecule has 0 bridgehead atoms. The number of allylic oxidation sites excluding steroid dienone is 1. The van der Waals surface area contributed by atoms with Crippen molar-refractivity contribution in [2.45, 2.75) is 25.3 Å². The summed E-state index contributed by atoms with van der Waals surface area (Å²) in [5, 5.41) is 2.67. The van der Waals surface area contributed by atoms with Gasteiger partial charge in [0.1, 0.15) is 24.5 Å². The molecule has 192 valence electrons. The number of carbonyl (C=O) groups is 1. The zero-order valence-electron chi connectivity index (χ0n) is 19.4. The normalized spacial score (nSPS) is 20.4. The van der Waals surface area contributed by atoms with E-state index in [0.29, 0.717) is 11.6 Å². The second-order valence-corrected chi connectivity index (χ2v) is 10.4. The zero-order chi connectivity index (χ0) is 25.9. The van der Waals surface area contributed by atoms with E-state index in [9.17, 15) is 22.4 Å². The molecular weight excluding hydrogens is 595 g/mol. The maximum atomic E-state index is 14.8. The molecule has 0 unspecified atom stereocenters. The lowest BCUT2D eigenvalue weighted by atomic mass is 9.86. The van der Waals surface area contributed by atoms with Gasteiger partial charge in [0.25, 0.3) is 26.9 Å². The number of alkyl halides is 2. The predicted molar refractivity (Wildman–Crippen MR) is 135 cm³/mol. The number of ether oxygens (including phenoxy) is 1. The largest absolute Gasteiger partial charge is 0.453 e. The lowest BCUT2D eigenvalue weighted by molar-refractivity contribution is -0.614. The van der Waals surface area contributed by atoms with Crippen molar-refractivity contribution in [3.8, 4) is 11.5 Å². The van der Waals surface area contributed by atoms with Gasteiger partial charge < -0.3 is 10.1 Å². The van der Waals surface area contributed by atoms with Gasteiger partial charge >= 0.3 is 0 Å². The number of anilines is 1. The van der Waals surface area contributed by atoms with Crippen LogP contribution in [0.25, 0.3) is 0 Å². The minimum Gasteiger partial charge on any atom is -0.453 e. The van der Waals surface area contributed by atoms with E-state index >= 15 is 0 Å². The third kappa shape index (κ3) is 6.09. The number of hydrogen-bond acceptors (Lipinski definition) is 5. The minimum absolute atomic E-state index is 0.0396. The minimum atomic E-state index is -2.87. The predicted octanol–water partition coefficient (Wildman–Crippen LogP) is 4.71. The van der Waals surface area contributed by atoms with Gasteiger partial charge in [0.15, 0.2) is 11.6 Å². The first-order valence-electron chi connectivity index (χ1n) is 11.0. The Kier molecular flexibility index (Phi) is 8.03. The van der Waals surface area contributed by atoms with Gasteiger partial charge in [-0.05, 0) is 36.8 Å². The molecule has 2 aliphatic heterocycles. The SMILES string of the molecule is CO[N+]1=CC=C([C@H]2CN([C@@H](C)C(=O)Nc3ccc(Oc4ccc(F)cc4F)cn3)CCC2(F)F)C=I1. The van der Waals surface area contributed by atoms with E-state index in [0.717, 1.165) is 12.1 Å². The summed E-state index contributed by atoms with van der Waals surface area (Å²) in [5.41, 5.74) is 0.563. The van der Waals surface area contributed by atoms with E-state index in [1.807, 2.05) is 4.01 Å². The number of nitrogens with one attached hydrogen (secondary N) is 1. The summed E-state index contributed by atoms with van der Waals surface area (Å²) < 4.78 is 65.1. The maximum absolute atomic E-state index is 14.8. The Bertz CT molecular complexity index is 1220. The number of hydrogen-bond donors (Lipinski definition) is 1. The Balaban J connectivity index is 1.38. The number of piperidine rings is 1. The molecule has 2 aliphatic rings. The van der Waals surface area contributed by atoms with Crippen LogP contribution in [0.2, 0.25) is 0 Å². The summed E-state index contributed by atoms with van der Waals surface area (Å²) in [7, 11) is 1.53. The molecular formula is C24H24F4IN4O3+. The van der Waals surface area contributed by atoms with Crippen LogP contribution in [0.1, 0.15) is 13.3 Å². The Morgan fingerprint density at radius 1 is 1.31 bits per heavy atom. The van der Waals surface area contributed by atoms with E-state index in [1.165, 1.54) is 25.4 Å². The molecule has 1 aromatic carbocycles. The van der Waals surface area contributed by atoms with Gasteiger partial charge in [-0.25, -0.2) is 22.5 Å². The fourth-order valence-corrected chi connectivity index (χ4v) is 5.65. The summed E-state index contributed by atoms with van der Waals surface area (Å²) in [6.07, 6.45) is 4.24. The fraction of sp³-hybridized carbons (Fsp3) is 0.333. The van der Waals surface area contributed by atoms with Gasteiger partial charge in [0.05, 0.1) is 18.2 Å². The molecule has 1 amide bonds. The second-order valence-electron chi connectivity index (χ2n) is 8.26. The topological polar surface area (TPSA) is 66.7 Å². The average Bonchev–Trinajstić information content (AvgIpc) is 2.86. The van der Waals surface area contributed by atoms with Crippen LogP contribution in [-0.2, 0) is 9.63 Å². The van der Waals surface area contributed by atoms with Crippen LogP contribution >= 0.6 is 21.0 Å². The zero-order valence-corrected chi connectivity index (χ0v) is 21.6. The monoisotopic (exact) mass is 619 g/mol. The smallest absolute Gasteiger partial charge is 0.293 e. The number of likely N-dealkylation sites (tertiary alicyclic amines) is 1. The van der Waals surface area contributed by atoms with Gasteiger partial charge in [-0.15, -0.1) is 0 Å². The van der Waals surface area contributed by atoms with Crippen LogP contribution in [0.5, 0.6) is 11.5 Å². The first-order chi connectivity index (χ1) is 17.2. The molecule has 3 heterocycles. The number of pyridine rings is 1. The summed E-state index contributed by atoms with van der Waals surface area (Å²) in [6, 6.07) is 5.20. The molecule has 4 rings (SSSR count). The van der Waals surface area contributed by atoms with Crippen molar-refractivity contribution in [3.05, 3.63) is 59.8 Å². The van der Waals surface area contributed by atoms with Crippen LogP contribution < -0.4 is 10.1 Å². The lowest BCUT2D eigenvalue weighted by Crippen LogP contribution is -2.53. The van der Waals surface area contributed by atoms with Crippen LogP contribution in [0.3, 0.4) is 0 Å². The average molecular weight is 619 g/mol. The summed E-state index contributed by atoms with van der Waals surface area (Å²) in [4.78, 5) is 23.8. The van der Waals surface area contributed by atoms with Gasteiger partial charge in [-0.3, -0.25) is 14.5 Å². The van der Waals surface area contributed by atoms with E-state index in [1.54, 1.807) is 27.1 Å². The molecule has 1 saturated heterocycles. The molecule has 36 heavy (non-hydrogen) atoms. The van der Waals surface area contributed by atoms with Gasteiger partial charge in [-0.1, -0.05) is 0 Å². The number of halogens is 5. The van der Waals surface area contributed by atoms with Crippen molar-refractivity contribution < 1.29 is 34.9 Å². The summed E-state index contributed by atoms with van der Waals surface area (Å²) >= 11 is -0.686. The van der Waals surface area contributed by atoms with E-state index in [4.69, 9.17) is 9.57 Å². The molecule has 1 fully saturated rings. The first kappa shape index (κ1) is 26.2. The molecule has 0 aliphatic carbocycles. The molecule has 7 nitrogen and oxygen atoms in total. The summed E-state index contributed by atoms with van der Waals surface area (Å²) in [6.45, 7) is 1.78. The van der Waals surface area contributed by atoms with Crippen molar-refractivity contribution >= 4 is 43.0 Å². The fourth-order valence-electron chi connectivity index (χ4n) is 3.83. The molecule has 0 radical (unpaired) electrons. The van der Waals surface area contributed by atoms with E-state index in [2.05, 4.69) is 10.3 Å². The van der Waals surface area contributed by atoms with Crippen LogP contribution in [0.15, 0.2) is 48.2 Å². The highest BCUT2D eigenvalue weighted by molar-refractivity contribution is 14.1. The van der Waals surface area contributed by atoms with Crippen molar-refractivity contribution in [1.82, 2.24) is 9.88 Å². The van der Waals surface area contributed by atoms with Gasteiger partial charge in [-0.2, -0.15) is 0 Å². The van der Waals surface area contributed by atoms with Crippen LogP contribution in [0.4, 0.5) is 23.4 Å². The molecule has 2 aromatic rings. The number of amides is 1. The number of benzene rings is 1. The standard InChI is InChI=1S/C24H23F4IN4O3/c1-15(32-10-8-24(27,28)19(14-32)16-7-9-33(35-2)29-12-16)23(34)31-22-6-4-18(13-30-22)36-21-5-3-17(25)11-20(21)26/h3-7,9,11-13,15,19H,8,10,14H2,1-2H3/p+1/t15-,19+/m0/s1. The number of nitrogens with zero attached hydrogens (tertiary/aromatic N) is 3. The lowest BCUT2D eigenvalue weighted by Gasteiger charge is -2.41. The number of carbonyl (C=O) groups excluding carboxylic acids is 1. The Morgan fingerprint density at radius 2 is 2.11 bits per heavy atom. The third-order valence-corrected chi connectivity index (χ3v) is 8.19. The van der Waals surface area contributed by atoms with E-state index < -0.39 is 56.4 Å². The Morgan fingerprint density at radius 3 is 2.75 bits per heavy atom. The quantitative estimate of drug-likeness (QED) is 0.277. The van der Waals surface area contributed by atoms with Gasteiger partial charge in [0, 0.05) is 38.6 Å². The molecule has 2 atom stereocenters. The Labute approximate surface area is 215 Å². The molecule has 12 heteroatoms. The number of aromatic nitrogens is 1. The van der Waals surface area contributed by atoms with Crippen LogP contribution in [0, 0.1) is 17.6 Å². The molecule has 0 spiro atoms. The third-order valence-electron chi connectivity index (χ3n) is 5.93. The highest BCUT2D eigenvalue weighted by atomic mass is 127. The molecule has 1 aromatic heterocycles. The highest BCUT2D eigenvalue weighted by Crippen LogP contribution is 2.39. The number of rotatable bonds is 7. The summed E-state index contributed by atoms with van der Waals surface area (Å²) in [5.74, 6) is -5.61. The van der Waals surface area contributed by atoms with Crippen molar-refractivity contribution in [2.75, 3.05) is 25.5 Å². The van der Waals surface area contributed by atoms with Crippen LogP contribution in [-0.4, -0.2) is 61.1 Å².